The summed E-state index contributed by atoms with van der Waals surface area (Å²) in [6.45, 7) is 3.91. The minimum atomic E-state index is -0.818. The molecule has 1 N–H and O–H groups in total. The summed E-state index contributed by atoms with van der Waals surface area (Å²) in [4.78, 5) is 30.7. The molecule has 1 atom stereocenters. The van der Waals surface area contributed by atoms with Crippen molar-refractivity contribution in [1.29, 1.82) is 0 Å². The average molecular weight is 413 g/mol. The molecule has 2 aliphatic heterocycles. The SMILES string of the molecule is Cc1ccccc1-c1noc(CCCC(=O)N2CC(C(=O)O)C3(CCOCC3)C2)n1. The lowest BCUT2D eigenvalue weighted by Gasteiger charge is -2.36. The monoisotopic (exact) mass is 413 g/mol. The second-order valence-electron chi connectivity index (χ2n) is 8.32. The molecule has 0 saturated carbocycles. The summed E-state index contributed by atoms with van der Waals surface area (Å²) in [6.07, 6.45) is 2.81. The normalized spacial score (nSPS) is 20.6. The van der Waals surface area contributed by atoms with Gasteiger partial charge in [0.05, 0.1) is 5.92 Å². The van der Waals surface area contributed by atoms with Crippen LogP contribution < -0.4 is 0 Å². The zero-order valence-electron chi connectivity index (χ0n) is 17.2. The fourth-order valence-electron chi connectivity index (χ4n) is 4.62. The third kappa shape index (κ3) is 4.09. The first kappa shape index (κ1) is 20.5. The zero-order chi connectivity index (χ0) is 21.1. The van der Waals surface area contributed by atoms with E-state index < -0.39 is 11.9 Å². The van der Waals surface area contributed by atoms with Crippen LogP contribution in [-0.4, -0.2) is 58.3 Å². The van der Waals surface area contributed by atoms with Crippen LogP contribution in [0.2, 0.25) is 0 Å². The van der Waals surface area contributed by atoms with Gasteiger partial charge < -0.3 is 19.3 Å². The molecule has 2 fully saturated rings. The number of carbonyl (C=O) groups excluding carboxylic acids is 1. The molecule has 160 valence electrons. The standard InChI is InChI=1S/C22H27N3O5/c1-15-5-2-3-6-16(15)20-23-18(30-24-20)7-4-8-19(26)25-13-17(21(27)28)22(14-25)9-11-29-12-10-22/h2-3,5-6,17H,4,7-14H2,1H3,(H,27,28). The summed E-state index contributed by atoms with van der Waals surface area (Å²) in [5.41, 5.74) is 1.65. The van der Waals surface area contributed by atoms with Crippen molar-refractivity contribution in [2.75, 3.05) is 26.3 Å². The van der Waals surface area contributed by atoms with E-state index in [0.717, 1.165) is 11.1 Å². The summed E-state index contributed by atoms with van der Waals surface area (Å²) in [7, 11) is 0. The quantitative estimate of drug-likeness (QED) is 0.776. The third-order valence-corrected chi connectivity index (χ3v) is 6.42. The fraction of sp³-hybridized carbons (Fsp3) is 0.545. The van der Waals surface area contributed by atoms with Gasteiger partial charge in [-0.25, -0.2) is 0 Å². The molecule has 1 aromatic carbocycles. The number of aryl methyl sites for hydroxylation is 2. The number of amides is 1. The van der Waals surface area contributed by atoms with Gasteiger partial charge in [0.2, 0.25) is 17.6 Å². The van der Waals surface area contributed by atoms with Gasteiger partial charge in [0, 0.05) is 50.1 Å². The van der Waals surface area contributed by atoms with E-state index in [0.29, 0.717) is 63.6 Å². The van der Waals surface area contributed by atoms with Crippen LogP contribution in [0.3, 0.4) is 0 Å². The maximum atomic E-state index is 12.7. The topological polar surface area (TPSA) is 106 Å². The predicted molar refractivity (Wildman–Crippen MR) is 108 cm³/mol. The summed E-state index contributed by atoms with van der Waals surface area (Å²) < 4.78 is 10.8. The Bertz CT molecular complexity index is 919. The van der Waals surface area contributed by atoms with E-state index in [9.17, 15) is 14.7 Å². The Morgan fingerprint density at radius 2 is 2.03 bits per heavy atom. The number of likely N-dealkylation sites (tertiary alicyclic amines) is 1. The smallest absolute Gasteiger partial charge is 0.308 e. The van der Waals surface area contributed by atoms with Gasteiger partial charge in [0.15, 0.2) is 0 Å². The molecule has 1 unspecified atom stereocenters. The van der Waals surface area contributed by atoms with Crippen molar-refractivity contribution in [1.82, 2.24) is 15.0 Å². The molecule has 2 saturated heterocycles. The van der Waals surface area contributed by atoms with Crippen LogP contribution in [0, 0.1) is 18.3 Å². The second-order valence-corrected chi connectivity index (χ2v) is 8.32. The largest absolute Gasteiger partial charge is 0.481 e. The molecule has 4 rings (SSSR count). The molecule has 2 aromatic rings. The molecular weight excluding hydrogens is 386 g/mol. The van der Waals surface area contributed by atoms with Gasteiger partial charge >= 0.3 is 5.97 Å². The molecule has 0 bridgehead atoms. The first-order valence-corrected chi connectivity index (χ1v) is 10.5. The summed E-state index contributed by atoms with van der Waals surface area (Å²) in [5.74, 6) is -0.283. The number of carbonyl (C=O) groups is 2. The lowest BCUT2D eigenvalue weighted by atomic mass is 9.72. The Labute approximate surface area is 175 Å². The summed E-state index contributed by atoms with van der Waals surface area (Å²) >= 11 is 0. The molecule has 8 heteroatoms. The molecule has 0 radical (unpaired) electrons. The van der Waals surface area contributed by atoms with Gasteiger partial charge in [0.1, 0.15) is 0 Å². The number of carboxylic acids is 1. The maximum absolute atomic E-state index is 12.7. The van der Waals surface area contributed by atoms with E-state index in [1.165, 1.54) is 0 Å². The highest BCUT2D eigenvalue weighted by Gasteiger charge is 2.51. The average Bonchev–Trinajstić information content (AvgIpc) is 3.34. The van der Waals surface area contributed by atoms with Crippen LogP contribution in [0.5, 0.6) is 0 Å². The number of benzene rings is 1. The predicted octanol–water partition coefficient (Wildman–Crippen LogP) is 2.71. The van der Waals surface area contributed by atoms with E-state index in [1.807, 2.05) is 31.2 Å². The van der Waals surface area contributed by atoms with Gasteiger partial charge in [-0.1, -0.05) is 29.4 Å². The number of hydrogen-bond acceptors (Lipinski definition) is 6. The van der Waals surface area contributed by atoms with E-state index in [1.54, 1.807) is 4.90 Å². The van der Waals surface area contributed by atoms with E-state index in [2.05, 4.69) is 10.1 Å². The number of hydrogen-bond donors (Lipinski definition) is 1. The van der Waals surface area contributed by atoms with Gasteiger partial charge in [-0.2, -0.15) is 4.98 Å². The minimum Gasteiger partial charge on any atom is -0.481 e. The molecule has 0 aliphatic carbocycles. The van der Waals surface area contributed by atoms with Crippen molar-refractivity contribution in [3.8, 4) is 11.4 Å². The fourth-order valence-corrected chi connectivity index (χ4v) is 4.62. The van der Waals surface area contributed by atoms with Crippen molar-refractivity contribution >= 4 is 11.9 Å². The molecule has 3 heterocycles. The molecule has 1 spiro atoms. The van der Waals surface area contributed by atoms with Gasteiger partial charge in [0.25, 0.3) is 0 Å². The van der Waals surface area contributed by atoms with Crippen LogP contribution >= 0.6 is 0 Å². The Balaban J connectivity index is 1.32. The number of aromatic nitrogens is 2. The summed E-state index contributed by atoms with van der Waals surface area (Å²) in [5, 5.41) is 13.7. The molecule has 30 heavy (non-hydrogen) atoms. The highest BCUT2D eigenvalue weighted by Crippen LogP contribution is 2.44. The minimum absolute atomic E-state index is 0.0109. The van der Waals surface area contributed by atoms with Crippen LogP contribution in [0.1, 0.15) is 37.1 Å². The number of nitrogens with zero attached hydrogens (tertiary/aromatic N) is 3. The van der Waals surface area contributed by atoms with E-state index in [-0.39, 0.29) is 17.9 Å². The Hall–Kier alpha value is -2.74. The number of aliphatic carboxylic acids is 1. The summed E-state index contributed by atoms with van der Waals surface area (Å²) in [6, 6.07) is 7.84. The van der Waals surface area contributed by atoms with E-state index in [4.69, 9.17) is 9.26 Å². The lowest BCUT2D eigenvalue weighted by molar-refractivity contribution is -0.146. The first-order valence-electron chi connectivity index (χ1n) is 10.5. The first-order chi connectivity index (χ1) is 14.5. The van der Waals surface area contributed by atoms with Crippen molar-refractivity contribution in [3.05, 3.63) is 35.7 Å². The Kier molecular flexibility index (Phi) is 5.85. The second kappa shape index (κ2) is 8.55. The van der Waals surface area contributed by atoms with Crippen LogP contribution in [0.15, 0.2) is 28.8 Å². The Morgan fingerprint density at radius 1 is 1.27 bits per heavy atom. The van der Waals surface area contributed by atoms with Crippen molar-refractivity contribution in [2.45, 2.75) is 39.0 Å². The molecule has 1 aromatic heterocycles. The number of rotatable bonds is 6. The molecule has 8 nitrogen and oxygen atoms in total. The zero-order valence-corrected chi connectivity index (χ0v) is 17.2. The highest BCUT2D eigenvalue weighted by atomic mass is 16.5. The van der Waals surface area contributed by atoms with Gasteiger partial charge in [-0.05, 0) is 31.7 Å². The van der Waals surface area contributed by atoms with Gasteiger partial charge in [-0.3, -0.25) is 9.59 Å². The van der Waals surface area contributed by atoms with Gasteiger partial charge in [-0.15, -0.1) is 0 Å². The van der Waals surface area contributed by atoms with Crippen molar-refractivity contribution in [3.63, 3.8) is 0 Å². The lowest BCUT2D eigenvalue weighted by Crippen LogP contribution is -2.40. The number of carboxylic acid groups (broad SMARTS) is 1. The maximum Gasteiger partial charge on any atom is 0.308 e. The van der Waals surface area contributed by atoms with Crippen LogP contribution in [0.4, 0.5) is 0 Å². The number of ether oxygens (including phenoxy) is 1. The highest BCUT2D eigenvalue weighted by molar-refractivity contribution is 5.79. The third-order valence-electron chi connectivity index (χ3n) is 6.42. The molecule has 1 amide bonds. The van der Waals surface area contributed by atoms with Crippen LogP contribution in [-0.2, 0) is 20.7 Å². The van der Waals surface area contributed by atoms with E-state index >= 15 is 0 Å². The molecular formula is C22H27N3O5. The van der Waals surface area contributed by atoms with Crippen LogP contribution in [0.25, 0.3) is 11.4 Å². The van der Waals surface area contributed by atoms with Crippen molar-refractivity contribution in [2.24, 2.45) is 11.3 Å². The molecule has 2 aliphatic rings. The Morgan fingerprint density at radius 3 is 2.77 bits per heavy atom. The van der Waals surface area contributed by atoms with Crippen molar-refractivity contribution < 1.29 is 24.0 Å².